The summed E-state index contributed by atoms with van der Waals surface area (Å²) in [5, 5.41) is 6.71. The molecule has 4 rings (SSSR count). The van der Waals surface area contributed by atoms with Gasteiger partial charge < -0.3 is 4.74 Å². The maximum absolute atomic E-state index is 13.7. The van der Waals surface area contributed by atoms with E-state index in [2.05, 4.69) is 20.2 Å². The van der Waals surface area contributed by atoms with Crippen LogP contribution >= 0.6 is 0 Å². The Hall–Kier alpha value is -3.23. The smallest absolute Gasteiger partial charge is 0.328 e. The highest BCUT2D eigenvalue weighted by Gasteiger charge is 2.36. The summed E-state index contributed by atoms with van der Waals surface area (Å²) < 4.78 is 32.5. The number of hydrogen-bond acceptors (Lipinski definition) is 4. The van der Waals surface area contributed by atoms with Gasteiger partial charge in [-0.25, -0.2) is 13.6 Å². The van der Waals surface area contributed by atoms with E-state index in [-0.39, 0.29) is 17.3 Å². The van der Waals surface area contributed by atoms with Crippen molar-refractivity contribution in [3.8, 4) is 11.8 Å². The summed E-state index contributed by atoms with van der Waals surface area (Å²) >= 11 is 0. The lowest BCUT2D eigenvalue weighted by Crippen LogP contribution is -2.30. The summed E-state index contributed by atoms with van der Waals surface area (Å²) in [6, 6.07) is 3.36. The topological polar surface area (TPSA) is 104 Å². The molecule has 1 aliphatic rings. The van der Waals surface area contributed by atoms with Gasteiger partial charge in [-0.05, 0) is 24.6 Å². The fraction of sp³-hybridized carbons (Fsp3) is 0.133. The third-order valence-corrected chi connectivity index (χ3v) is 3.96. The first-order valence-electron chi connectivity index (χ1n) is 7.00. The number of nitrogens with zero attached hydrogens (tertiary/aromatic N) is 1. The molecule has 0 amide bonds. The zero-order valence-corrected chi connectivity index (χ0v) is 12.2. The third-order valence-electron chi connectivity index (χ3n) is 3.96. The lowest BCUT2D eigenvalue weighted by atomic mass is 9.85. The molecule has 3 aromatic rings. The van der Waals surface area contributed by atoms with Gasteiger partial charge in [0.15, 0.2) is 11.6 Å². The Morgan fingerprint density at radius 1 is 1.12 bits per heavy atom. The van der Waals surface area contributed by atoms with E-state index >= 15 is 0 Å². The minimum atomic E-state index is -1.04. The molecule has 1 atom stereocenters. The Labute approximate surface area is 132 Å². The fourth-order valence-electron chi connectivity index (χ4n) is 2.92. The highest BCUT2D eigenvalue weighted by Crippen LogP contribution is 2.44. The lowest BCUT2D eigenvalue weighted by Gasteiger charge is -2.24. The van der Waals surface area contributed by atoms with Gasteiger partial charge in [0.1, 0.15) is 0 Å². The van der Waals surface area contributed by atoms with Gasteiger partial charge in [-0.2, -0.15) is 0 Å². The van der Waals surface area contributed by atoms with Gasteiger partial charge in [-0.15, -0.1) is 5.10 Å². The molecule has 0 saturated carbocycles. The van der Waals surface area contributed by atoms with Crippen LogP contribution in [0.3, 0.4) is 0 Å². The number of rotatable bonds is 1. The van der Waals surface area contributed by atoms with Crippen molar-refractivity contribution in [1.29, 1.82) is 0 Å². The first kappa shape index (κ1) is 14.4. The van der Waals surface area contributed by atoms with Crippen LogP contribution in [0.1, 0.15) is 28.3 Å². The Kier molecular flexibility index (Phi) is 2.92. The van der Waals surface area contributed by atoms with Gasteiger partial charge in [0, 0.05) is 11.3 Å². The molecule has 0 saturated heterocycles. The number of nitrogens with one attached hydrogen (secondary N) is 3. The summed E-state index contributed by atoms with van der Waals surface area (Å²) in [6.07, 6.45) is 0. The molecule has 2 aromatic heterocycles. The quantitative estimate of drug-likeness (QED) is 0.493. The molecule has 24 heavy (non-hydrogen) atoms. The molecule has 3 heterocycles. The van der Waals surface area contributed by atoms with Crippen LogP contribution in [0.15, 0.2) is 27.8 Å². The average molecular weight is 332 g/mol. The van der Waals surface area contributed by atoms with Crippen molar-refractivity contribution >= 4 is 0 Å². The predicted molar refractivity (Wildman–Crippen MR) is 78.4 cm³/mol. The summed E-state index contributed by atoms with van der Waals surface area (Å²) in [5.41, 5.74) is 0.148. The molecule has 7 nitrogen and oxygen atoms in total. The summed E-state index contributed by atoms with van der Waals surface area (Å²) in [6.45, 7) is 1.72. The maximum atomic E-state index is 13.7. The van der Waals surface area contributed by atoms with Crippen molar-refractivity contribution in [3.63, 3.8) is 0 Å². The Bertz CT molecular complexity index is 1080. The van der Waals surface area contributed by atoms with Gasteiger partial charge in [-0.3, -0.25) is 19.9 Å². The second-order valence-electron chi connectivity index (χ2n) is 5.43. The molecule has 1 unspecified atom stereocenters. The second-order valence-corrected chi connectivity index (χ2v) is 5.43. The maximum Gasteiger partial charge on any atom is 0.328 e. The molecular formula is C15H10F2N4O3. The van der Waals surface area contributed by atoms with Crippen LogP contribution in [0.2, 0.25) is 0 Å². The number of halogens is 2. The van der Waals surface area contributed by atoms with E-state index in [1.54, 1.807) is 6.92 Å². The van der Waals surface area contributed by atoms with Crippen LogP contribution in [-0.4, -0.2) is 20.2 Å². The summed E-state index contributed by atoms with van der Waals surface area (Å²) in [5.74, 6) is -2.71. The van der Waals surface area contributed by atoms with Crippen LogP contribution in [0, 0.1) is 18.6 Å². The van der Waals surface area contributed by atoms with Crippen molar-refractivity contribution < 1.29 is 13.5 Å². The third kappa shape index (κ3) is 1.98. The zero-order valence-electron chi connectivity index (χ0n) is 12.2. The van der Waals surface area contributed by atoms with Crippen molar-refractivity contribution in [1.82, 2.24) is 20.2 Å². The molecule has 9 heteroatoms. The number of aromatic nitrogens is 4. The van der Waals surface area contributed by atoms with E-state index in [0.29, 0.717) is 16.8 Å². The molecule has 0 spiro atoms. The van der Waals surface area contributed by atoms with Crippen molar-refractivity contribution in [2.75, 3.05) is 0 Å². The van der Waals surface area contributed by atoms with E-state index in [9.17, 15) is 18.4 Å². The van der Waals surface area contributed by atoms with Crippen molar-refractivity contribution in [2.24, 2.45) is 0 Å². The van der Waals surface area contributed by atoms with E-state index in [1.807, 2.05) is 0 Å². The number of ether oxygens (including phenoxy) is 1. The Balaban J connectivity index is 2.05. The van der Waals surface area contributed by atoms with E-state index in [1.165, 1.54) is 6.07 Å². The number of aryl methyl sites for hydroxylation is 1. The van der Waals surface area contributed by atoms with Crippen LogP contribution in [0.25, 0.3) is 0 Å². The highest BCUT2D eigenvalue weighted by atomic mass is 19.2. The van der Waals surface area contributed by atoms with Gasteiger partial charge >= 0.3 is 5.69 Å². The predicted octanol–water partition coefficient (Wildman–Crippen LogP) is 1.66. The van der Waals surface area contributed by atoms with E-state index < -0.39 is 28.8 Å². The minimum absolute atomic E-state index is 0.0718. The standard InChI is InChI=1S/C15H10F2N4O3/c1-5-9-10(6-2-3-7(16)8(17)4-6)11-12(22)18-15(23)19-13(11)24-14(9)21-20-5/h2-4,10H,1H3,(H,20,21)(H2,18,19,22,23). The largest absolute Gasteiger partial charge is 0.420 e. The molecule has 0 aliphatic carbocycles. The van der Waals surface area contributed by atoms with Gasteiger partial charge in [0.2, 0.25) is 11.8 Å². The molecular weight excluding hydrogens is 322 g/mol. The molecule has 3 N–H and O–H groups in total. The number of hydrogen-bond donors (Lipinski definition) is 3. The molecule has 122 valence electrons. The van der Waals surface area contributed by atoms with E-state index in [0.717, 1.165) is 12.1 Å². The molecule has 1 aliphatic heterocycles. The zero-order chi connectivity index (χ0) is 17.0. The fourth-order valence-corrected chi connectivity index (χ4v) is 2.92. The van der Waals surface area contributed by atoms with Crippen molar-refractivity contribution in [2.45, 2.75) is 12.8 Å². The highest BCUT2D eigenvalue weighted by molar-refractivity contribution is 5.54. The Morgan fingerprint density at radius 2 is 1.92 bits per heavy atom. The van der Waals surface area contributed by atoms with Crippen molar-refractivity contribution in [3.05, 3.63) is 73.1 Å². The molecule has 0 fully saturated rings. The van der Waals surface area contributed by atoms with Crippen LogP contribution in [0.4, 0.5) is 8.78 Å². The van der Waals surface area contributed by atoms with Gasteiger partial charge in [-0.1, -0.05) is 6.07 Å². The van der Waals surface area contributed by atoms with Gasteiger partial charge in [0.25, 0.3) is 5.56 Å². The molecule has 0 radical (unpaired) electrons. The summed E-state index contributed by atoms with van der Waals surface area (Å²) in [4.78, 5) is 28.3. The monoisotopic (exact) mass is 332 g/mol. The number of benzene rings is 1. The number of aromatic amines is 3. The normalized spacial score (nSPS) is 15.5. The van der Waals surface area contributed by atoms with Gasteiger partial charge in [0.05, 0.1) is 11.5 Å². The molecule has 0 bridgehead atoms. The Morgan fingerprint density at radius 3 is 2.67 bits per heavy atom. The number of H-pyrrole nitrogens is 3. The number of fused-ring (bicyclic) bond motifs is 2. The van der Waals surface area contributed by atoms with E-state index in [4.69, 9.17) is 4.74 Å². The summed E-state index contributed by atoms with van der Waals surface area (Å²) in [7, 11) is 0. The van der Waals surface area contributed by atoms with Crippen LogP contribution < -0.4 is 16.0 Å². The van der Waals surface area contributed by atoms with Crippen LogP contribution in [0.5, 0.6) is 11.8 Å². The first-order chi connectivity index (χ1) is 11.5. The molecule has 1 aromatic carbocycles. The average Bonchev–Trinajstić information content (AvgIpc) is 2.89. The minimum Gasteiger partial charge on any atom is -0.420 e. The SMILES string of the molecule is Cc1[nH]nc2c1C(c1ccc(F)c(F)c1)c1c([nH]c(=O)[nH]c1=O)O2. The first-order valence-corrected chi connectivity index (χ1v) is 7.00. The second kappa shape index (κ2) is 4.88. The lowest BCUT2D eigenvalue weighted by molar-refractivity contribution is 0.411. The van der Waals surface area contributed by atoms with Crippen LogP contribution in [-0.2, 0) is 0 Å².